The van der Waals surface area contributed by atoms with Gasteiger partial charge in [0.05, 0.1) is 0 Å². The van der Waals surface area contributed by atoms with Crippen LogP contribution >= 0.6 is 11.8 Å². The van der Waals surface area contributed by atoms with Crippen molar-refractivity contribution >= 4 is 17.7 Å². The third kappa shape index (κ3) is 2.65. The van der Waals surface area contributed by atoms with Gasteiger partial charge in [-0.25, -0.2) is 0 Å². The highest BCUT2D eigenvalue weighted by atomic mass is 32.2. The van der Waals surface area contributed by atoms with Crippen LogP contribution < -0.4 is 5.32 Å². The third-order valence-electron chi connectivity index (χ3n) is 4.24. The van der Waals surface area contributed by atoms with Crippen LogP contribution in [-0.2, 0) is 4.79 Å². The molecule has 102 valence electrons. The number of benzene rings is 1. The second-order valence-corrected chi connectivity index (χ2v) is 6.73. The van der Waals surface area contributed by atoms with E-state index in [9.17, 15) is 9.90 Å². The monoisotopic (exact) mass is 277 g/mol. The molecule has 2 unspecified atom stereocenters. The molecule has 0 amide bonds. The smallest absolute Gasteiger partial charge is 0.323 e. The molecule has 0 spiro atoms. The van der Waals surface area contributed by atoms with Gasteiger partial charge in [0.25, 0.3) is 0 Å². The van der Waals surface area contributed by atoms with Crippen molar-refractivity contribution in [2.75, 3.05) is 11.5 Å². The summed E-state index contributed by atoms with van der Waals surface area (Å²) < 4.78 is 0. The first-order valence-electron chi connectivity index (χ1n) is 6.85. The molecule has 1 aliphatic heterocycles. The third-order valence-corrected chi connectivity index (χ3v) is 5.22. The fourth-order valence-corrected chi connectivity index (χ4v) is 4.11. The molecule has 1 saturated carbocycles. The van der Waals surface area contributed by atoms with E-state index in [-0.39, 0.29) is 0 Å². The Kier molecular flexibility index (Phi) is 3.54. The number of hydrogen-bond acceptors (Lipinski definition) is 3. The standard InChI is InChI=1S/C15H19NO2S/c17-14(18)15(6-8-19-9-7-15)16-13-10-12(13)11-4-2-1-3-5-11/h1-5,12-13,16H,6-10H2,(H,17,18). The fourth-order valence-electron chi connectivity index (χ4n) is 2.92. The summed E-state index contributed by atoms with van der Waals surface area (Å²) in [7, 11) is 0. The number of nitrogens with one attached hydrogen (secondary N) is 1. The minimum absolute atomic E-state index is 0.335. The summed E-state index contributed by atoms with van der Waals surface area (Å²) in [4.78, 5) is 11.6. The van der Waals surface area contributed by atoms with E-state index in [1.165, 1.54) is 5.56 Å². The summed E-state index contributed by atoms with van der Waals surface area (Å²) in [6, 6.07) is 10.7. The van der Waals surface area contributed by atoms with Gasteiger partial charge in [0.1, 0.15) is 5.54 Å². The second-order valence-electron chi connectivity index (χ2n) is 5.50. The van der Waals surface area contributed by atoms with Gasteiger partial charge in [0, 0.05) is 12.0 Å². The lowest BCUT2D eigenvalue weighted by atomic mass is 9.92. The maximum absolute atomic E-state index is 11.6. The maximum Gasteiger partial charge on any atom is 0.323 e. The number of carbonyl (C=O) groups is 1. The summed E-state index contributed by atoms with van der Waals surface area (Å²) in [6.45, 7) is 0. The highest BCUT2D eigenvalue weighted by molar-refractivity contribution is 7.99. The van der Waals surface area contributed by atoms with Crippen LogP contribution in [0.4, 0.5) is 0 Å². The van der Waals surface area contributed by atoms with Gasteiger partial charge in [-0.1, -0.05) is 30.3 Å². The quantitative estimate of drug-likeness (QED) is 0.887. The molecular weight excluding hydrogens is 258 g/mol. The van der Waals surface area contributed by atoms with E-state index in [0.717, 1.165) is 30.8 Å². The van der Waals surface area contributed by atoms with E-state index in [4.69, 9.17) is 0 Å². The van der Waals surface area contributed by atoms with E-state index in [1.54, 1.807) is 0 Å². The predicted octanol–water partition coefficient (Wildman–Crippen LogP) is 2.48. The largest absolute Gasteiger partial charge is 0.480 e. The summed E-state index contributed by atoms with van der Waals surface area (Å²) in [5.74, 6) is 1.71. The van der Waals surface area contributed by atoms with Gasteiger partial charge in [-0.05, 0) is 36.3 Å². The highest BCUT2D eigenvalue weighted by Gasteiger charge is 2.48. The highest BCUT2D eigenvalue weighted by Crippen LogP contribution is 2.43. The summed E-state index contributed by atoms with van der Waals surface area (Å²) >= 11 is 1.86. The summed E-state index contributed by atoms with van der Waals surface area (Å²) in [5.41, 5.74) is 0.644. The first-order valence-corrected chi connectivity index (χ1v) is 8.00. The topological polar surface area (TPSA) is 49.3 Å². The number of carboxylic acid groups (broad SMARTS) is 1. The number of hydrogen-bond donors (Lipinski definition) is 2. The lowest BCUT2D eigenvalue weighted by molar-refractivity contribution is -0.145. The molecule has 1 aromatic carbocycles. The van der Waals surface area contributed by atoms with Crippen LogP contribution in [0.3, 0.4) is 0 Å². The van der Waals surface area contributed by atoms with E-state index in [0.29, 0.717) is 12.0 Å². The van der Waals surface area contributed by atoms with Crippen molar-refractivity contribution in [2.24, 2.45) is 0 Å². The lowest BCUT2D eigenvalue weighted by Gasteiger charge is -2.34. The molecule has 1 aliphatic carbocycles. The molecule has 0 radical (unpaired) electrons. The fraction of sp³-hybridized carbons (Fsp3) is 0.533. The van der Waals surface area contributed by atoms with Crippen LogP contribution in [0.25, 0.3) is 0 Å². The molecule has 1 saturated heterocycles. The molecule has 3 rings (SSSR count). The minimum Gasteiger partial charge on any atom is -0.480 e. The second kappa shape index (κ2) is 5.17. The van der Waals surface area contributed by atoms with Crippen molar-refractivity contribution in [3.05, 3.63) is 35.9 Å². The number of carboxylic acids is 1. The van der Waals surface area contributed by atoms with Crippen molar-refractivity contribution in [1.82, 2.24) is 5.32 Å². The molecule has 2 fully saturated rings. The Morgan fingerprint density at radius 1 is 1.26 bits per heavy atom. The maximum atomic E-state index is 11.6. The van der Waals surface area contributed by atoms with E-state index >= 15 is 0 Å². The Hall–Kier alpha value is -1.00. The van der Waals surface area contributed by atoms with Crippen molar-refractivity contribution in [3.8, 4) is 0 Å². The first-order chi connectivity index (χ1) is 9.21. The first kappa shape index (κ1) is 13.0. The molecule has 4 heteroatoms. The minimum atomic E-state index is -0.681. The molecule has 2 atom stereocenters. The molecule has 19 heavy (non-hydrogen) atoms. The average molecular weight is 277 g/mol. The molecule has 1 aromatic rings. The SMILES string of the molecule is O=C(O)C1(NC2CC2c2ccccc2)CCSCC1. The average Bonchev–Trinajstić information content (AvgIpc) is 3.20. The van der Waals surface area contributed by atoms with Crippen LogP contribution in [0.1, 0.15) is 30.7 Å². The van der Waals surface area contributed by atoms with Gasteiger partial charge in [-0.15, -0.1) is 0 Å². The van der Waals surface area contributed by atoms with E-state index in [1.807, 2.05) is 17.8 Å². The number of thioether (sulfide) groups is 1. The van der Waals surface area contributed by atoms with Crippen LogP contribution in [-0.4, -0.2) is 34.2 Å². The van der Waals surface area contributed by atoms with Gasteiger partial charge >= 0.3 is 5.97 Å². The van der Waals surface area contributed by atoms with Gasteiger partial charge in [0.15, 0.2) is 0 Å². The number of rotatable bonds is 4. The van der Waals surface area contributed by atoms with Gasteiger partial charge < -0.3 is 5.11 Å². The van der Waals surface area contributed by atoms with Crippen molar-refractivity contribution in [2.45, 2.75) is 36.8 Å². The Balaban J connectivity index is 1.67. The number of aliphatic carboxylic acids is 1. The van der Waals surface area contributed by atoms with Crippen LogP contribution in [0.5, 0.6) is 0 Å². The molecule has 2 N–H and O–H groups in total. The van der Waals surface area contributed by atoms with Gasteiger partial charge in [-0.3, -0.25) is 10.1 Å². The zero-order valence-electron chi connectivity index (χ0n) is 10.8. The van der Waals surface area contributed by atoms with Crippen LogP contribution in [0.2, 0.25) is 0 Å². The lowest BCUT2D eigenvalue weighted by Crippen LogP contribution is -2.55. The molecule has 3 nitrogen and oxygen atoms in total. The predicted molar refractivity (Wildman–Crippen MR) is 77.6 cm³/mol. The van der Waals surface area contributed by atoms with Crippen molar-refractivity contribution in [3.63, 3.8) is 0 Å². The van der Waals surface area contributed by atoms with E-state index in [2.05, 4.69) is 29.6 Å². The van der Waals surface area contributed by atoms with Crippen LogP contribution in [0, 0.1) is 0 Å². The Labute approximate surface area is 117 Å². The Morgan fingerprint density at radius 2 is 1.95 bits per heavy atom. The van der Waals surface area contributed by atoms with Crippen molar-refractivity contribution in [1.29, 1.82) is 0 Å². The van der Waals surface area contributed by atoms with Gasteiger partial charge in [0.2, 0.25) is 0 Å². The van der Waals surface area contributed by atoms with Gasteiger partial charge in [-0.2, -0.15) is 11.8 Å². The zero-order chi connectivity index (χ0) is 13.3. The Morgan fingerprint density at radius 3 is 2.58 bits per heavy atom. The molecule has 2 aliphatic rings. The summed E-state index contributed by atoms with van der Waals surface area (Å²) in [6.07, 6.45) is 2.54. The molecule has 0 aromatic heterocycles. The molecule has 1 heterocycles. The zero-order valence-corrected chi connectivity index (χ0v) is 11.7. The molecular formula is C15H19NO2S. The summed E-state index contributed by atoms with van der Waals surface area (Å²) in [5, 5.41) is 13.0. The van der Waals surface area contributed by atoms with Crippen molar-refractivity contribution < 1.29 is 9.90 Å². The normalized spacial score (nSPS) is 28.8. The Bertz CT molecular complexity index is 456. The van der Waals surface area contributed by atoms with Crippen LogP contribution in [0.15, 0.2) is 30.3 Å². The van der Waals surface area contributed by atoms with E-state index < -0.39 is 11.5 Å². The molecule has 0 bridgehead atoms.